The Morgan fingerprint density at radius 2 is 1.96 bits per heavy atom. The summed E-state index contributed by atoms with van der Waals surface area (Å²) in [5.41, 5.74) is 4.22. The molecule has 0 atom stereocenters. The van der Waals surface area contributed by atoms with Gasteiger partial charge in [-0.15, -0.1) is 0 Å². The predicted molar refractivity (Wildman–Crippen MR) is 97.5 cm³/mol. The van der Waals surface area contributed by atoms with E-state index in [0.717, 1.165) is 16.8 Å². The number of hydrogen-bond donors (Lipinski definition) is 1. The van der Waals surface area contributed by atoms with E-state index in [0.29, 0.717) is 23.5 Å². The molecule has 0 radical (unpaired) electrons. The number of aryl methyl sites for hydroxylation is 2. The molecule has 1 N–H and O–H groups in total. The minimum atomic E-state index is -3.18. The Labute approximate surface area is 148 Å². The molecule has 2 heterocycles. The standard InChI is InChI=1S/C18H23N3O3S/c1-11(2)7-17(22)19-18-15-9-25(23,24)10-16(15)20-21(18)14-6-5-12(3)13(4)8-14/h5-6,8,11H,7,9-10H2,1-4H3,(H,19,22). The van der Waals surface area contributed by atoms with Gasteiger partial charge in [0.25, 0.3) is 0 Å². The lowest BCUT2D eigenvalue weighted by molar-refractivity contribution is -0.116. The third-order valence-corrected chi connectivity index (χ3v) is 5.82. The van der Waals surface area contributed by atoms with Crippen LogP contribution in [-0.4, -0.2) is 24.1 Å². The maximum absolute atomic E-state index is 12.3. The number of carbonyl (C=O) groups is 1. The van der Waals surface area contributed by atoms with Gasteiger partial charge in [0, 0.05) is 12.0 Å². The maximum atomic E-state index is 12.3. The number of aromatic nitrogens is 2. The van der Waals surface area contributed by atoms with E-state index in [1.807, 2.05) is 45.9 Å². The number of carbonyl (C=O) groups excluding carboxylic acids is 1. The molecule has 0 saturated carbocycles. The summed E-state index contributed by atoms with van der Waals surface area (Å²) in [5, 5.41) is 7.37. The fourth-order valence-electron chi connectivity index (χ4n) is 2.97. The lowest BCUT2D eigenvalue weighted by Gasteiger charge is -2.13. The van der Waals surface area contributed by atoms with Crippen LogP contribution in [0.2, 0.25) is 0 Å². The molecule has 7 heteroatoms. The highest BCUT2D eigenvalue weighted by Gasteiger charge is 2.33. The van der Waals surface area contributed by atoms with Crippen LogP contribution in [-0.2, 0) is 26.1 Å². The first-order valence-corrected chi connectivity index (χ1v) is 10.2. The van der Waals surface area contributed by atoms with Crippen molar-refractivity contribution in [3.05, 3.63) is 40.6 Å². The van der Waals surface area contributed by atoms with Gasteiger partial charge in [0.1, 0.15) is 5.82 Å². The number of nitrogens with one attached hydrogen (secondary N) is 1. The topological polar surface area (TPSA) is 81.1 Å². The second-order valence-electron chi connectivity index (χ2n) is 7.13. The zero-order chi connectivity index (χ0) is 18.4. The lowest BCUT2D eigenvalue weighted by Crippen LogP contribution is -2.18. The van der Waals surface area contributed by atoms with Gasteiger partial charge in [-0.05, 0) is 43.0 Å². The van der Waals surface area contributed by atoms with Crippen molar-refractivity contribution >= 4 is 21.6 Å². The molecule has 0 fully saturated rings. The van der Waals surface area contributed by atoms with Gasteiger partial charge in [-0.1, -0.05) is 19.9 Å². The molecule has 1 aromatic heterocycles. The summed E-state index contributed by atoms with van der Waals surface area (Å²) in [6, 6.07) is 5.91. The van der Waals surface area contributed by atoms with Gasteiger partial charge in [-0.2, -0.15) is 5.10 Å². The number of fused-ring (bicyclic) bond motifs is 1. The minimum absolute atomic E-state index is 0.0762. The number of anilines is 1. The summed E-state index contributed by atoms with van der Waals surface area (Å²) in [4.78, 5) is 12.3. The monoisotopic (exact) mass is 361 g/mol. The Morgan fingerprint density at radius 3 is 2.60 bits per heavy atom. The second kappa shape index (κ2) is 6.29. The summed E-state index contributed by atoms with van der Waals surface area (Å²) in [6.07, 6.45) is 0.375. The highest BCUT2D eigenvalue weighted by atomic mass is 32.2. The largest absolute Gasteiger partial charge is 0.310 e. The molecule has 6 nitrogen and oxygen atoms in total. The van der Waals surface area contributed by atoms with Crippen molar-refractivity contribution in [1.29, 1.82) is 0 Å². The normalized spacial score (nSPS) is 15.4. The van der Waals surface area contributed by atoms with Crippen LogP contribution in [0.1, 0.15) is 42.7 Å². The molecule has 0 saturated heterocycles. The molecule has 0 unspecified atom stereocenters. The van der Waals surface area contributed by atoms with Gasteiger partial charge < -0.3 is 5.32 Å². The number of amides is 1. The molecule has 1 aliphatic heterocycles. The fraction of sp³-hybridized carbons (Fsp3) is 0.444. The average molecular weight is 361 g/mol. The molecule has 1 amide bonds. The molecule has 0 bridgehead atoms. The van der Waals surface area contributed by atoms with E-state index in [2.05, 4.69) is 10.4 Å². The lowest BCUT2D eigenvalue weighted by atomic mass is 10.1. The molecule has 3 rings (SSSR count). The summed E-state index contributed by atoms with van der Waals surface area (Å²) >= 11 is 0. The smallest absolute Gasteiger partial charge is 0.225 e. The average Bonchev–Trinajstić information content (AvgIpc) is 2.94. The van der Waals surface area contributed by atoms with Crippen LogP contribution in [0.5, 0.6) is 0 Å². The summed E-state index contributed by atoms with van der Waals surface area (Å²) in [5.74, 6) is 0.407. The molecule has 1 aliphatic rings. The Kier molecular flexibility index (Phi) is 4.45. The summed E-state index contributed by atoms with van der Waals surface area (Å²) in [7, 11) is -3.18. The zero-order valence-electron chi connectivity index (χ0n) is 15.0. The van der Waals surface area contributed by atoms with Crippen molar-refractivity contribution in [1.82, 2.24) is 9.78 Å². The number of hydrogen-bond acceptors (Lipinski definition) is 4. The third kappa shape index (κ3) is 3.61. The van der Waals surface area contributed by atoms with E-state index >= 15 is 0 Å². The Hall–Kier alpha value is -2.15. The van der Waals surface area contributed by atoms with Crippen molar-refractivity contribution in [3.63, 3.8) is 0 Å². The molecular weight excluding hydrogens is 338 g/mol. The molecule has 2 aromatic rings. The van der Waals surface area contributed by atoms with E-state index in [1.165, 1.54) is 0 Å². The van der Waals surface area contributed by atoms with Crippen molar-refractivity contribution in [3.8, 4) is 5.69 Å². The van der Waals surface area contributed by atoms with Crippen LogP contribution in [0, 0.1) is 19.8 Å². The number of nitrogens with zero attached hydrogens (tertiary/aromatic N) is 2. The van der Waals surface area contributed by atoms with Crippen molar-refractivity contribution in [2.24, 2.45) is 5.92 Å². The van der Waals surface area contributed by atoms with Crippen LogP contribution in [0.3, 0.4) is 0 Å². The first-order valence-electron chi connectivity index (χ1n) is 8.35. The molecule has 134 valence electrons. The SMILES string of the molecule is Cc1ccc(-n2nc3c(c2NC(=O)CC(C)C)CS(=O)(=O)C3)cc1C. The van der Waals surface area contributed by atoms with Gasteiger partial charge in [-0.25, -0.2) is 13.1 Å². The second-order valence-corrected chi connectivity index (χ2v) is 9.20. The van der Waals surface area contributed by atoms with Crippen LogP contribution in [0.4, 0.5) is 5.82 Å². The molecular formula is C18H23N3O3S. The predicted octanol–water partition coefficient (Wildman–Crippen LogP) is 2.90. The first kappa shape index (κ1) is 17.7. The Balaban J connectivity index is 2.06. The Morgan fingerprint density at radius 1 is 1.24 bits per heavy atom. The van der Waals surface area contributed by atoms with Crippen molar-refractivity contribution in [2.45, 2.75) is 45.6 Å². The van der Waals surface area contributed by atoms with E-state index in [-0.39, 0.29) is 23.3 Å². The fourth-order valence-corrected chi connectivity index (χ4v) is 4.46. The molecule has 0 aliphatic carbocycles. The zero-order valence-corrected chi connectivity index (χ0v) is 15.8. The van der Waals surface area contributed by atoms with E-state index in [1.54, 1.807) is 4.68 Å². The van der Waals surface area contributed by atoms with E-state index in [4.69, 9.17) is 0 Å². The van der Waals surface area contributed by atoms with Crippen molar-refractivity contribution < 1.29 is 13.2 Å². The first-order chi connectivity index (χ1) is 11.7. The number of rotatable bonds is 4. The van der Waals surface area contributed by atoms with Gasteiger partial charge in [0.05, 0.1) is 22.9 Å². The Bertz CT molecular complexity index is 943. The van der Waals surface area contributed by atoms with Crippen LogP contribution < -0.4 is 5.32 Å². The molecule has 1 aromatic carbocycles. The quantitative estimate of drug-likeness (QED) is 0.908. The highest BCUT2D eigenvalue weighted by Crippen LogP contribution is 2.33. The van der Waals surface area contributed by atoms with Gasteiger partial charge in [0.2, 0.25) is 5.91 Å². The van der Waals surface area contributed by atoms with E-state index in [9.17, 15) is 13.2 Å². The van der Waals surface area contributed by atoms with Crippen LogP contribution >= 0.6 is 0 Å². The van der Waals surface area contributed by atoms with E-state index < -0.39 is 9.84 Å². The summed E-state index contributed by atoms with van der Waals surface area (Å²) in [6.45, 7) is 7.97. The number of sulfone groups is 1. The van der Waals surface area contributed by atoms with Crippen LogP contribution in [0.25, 0.3) is 5.69 Å². The van der Waals surface area contributed by atoms with Gasteiger partial charge in [0.15, 0.2) is 9.84 Å². The minimum Gasteiger partial charge on any atom is -0.310 e. The molecule has 0 spiro atoms. The van der Waals surface area contributed by atoms with Gasteiger partial charge >= 0.3 is 0 Å². The molecule has 25 heavy (non-hydrogen) atoms. The van der Waals surface area contributed by atoms with Crippen LogP contribution in [0.15, 0.2) is 18.2 Å². The maximum Gasteiger partial charge on any atom is 0.225 e. The summed E-state index contributed by atoms with van der Waals surface area (Å²) < 4.78 is 25.6. The highest BCUT2D eigenvalue weighted by molar-refractivity contribution is 7.90. The third-order valence-electron chi connectivity index (χ3n) is 4.37. The van der Waals surface area contributed by atoms with Gasteiger partial charge in [-0.3, -0.25) is 4.79 Å². The van der Waals surface area contributed by atoms with Crippen molar-refractivity contribution in [2.75, 3.05) is 5.32 Å². The number of benzene rings is 1.